The lowest BCUT2D eigenvalue weighted by Crippen LogP contribution is -2.36. The van der Waals surface area contributed by atoms with E-state index in [0.717, 1.165) is 5.56 Å². The summed E-state index contributed by atoms with van der Waals surface area (Å²) in [4.78, 5) is 42.6. The Morgan fingerprint density at radius 1 is 1.23 bits per heavy atom. The highest BCUT2D eigenvalue weighted by atomic mass is 35.5. The molecule has 0 unspecified atom stereocenters. The van der Waals surface area contributed by atoms with Gasteiger partial charge in [0.1, 0.15) is 12.3 Å². The van der Waals surface area contributed by atoms with Crippen molar-refractivity contribution in [2.45, 2.75) is 19.9 Å². The Balaban J connectivity index is 1.66. The lowest BCUT2D eigenvalue weighted by molar-refractivity contribution is -0.147. The first kappa shape index (κ1) is 22.5. The number of methoxy groups -OCH3 is 1. The van der Waals surface area contributed by atoms with Gasteiger partial charge in [-0.1, -0.05) is 23.7 Å². The molecule has 0 aliphatic carbocycles. The standard InChI is InChI=1S/C21H20ClN3O5S/c1-13-17(7-8-30-13)20(28)24-21-23-16(12-31-21)9-18(26)25(11-19(27)29-2)10-14-3-5-15(22)6-4-14/h3-8,12H,9-11H2,1-2H3,(H,23,24,28). The van der Waals surface area contributed by atoms with Crippen LogP contribution in [-0.2, 0) is 27.3 Å². The van der Waals surface area contributed by atoms with Crippen LogP contribution in [0.15, 0.2) is 46.4 Å². The Morgan fingerprint density at radius 2 is 1.97 bits per heavy atom. The third-order valence-corrected chi connectivity index (χ3v) is 5.45. The first-order chi connectivity index (χ1) is 14.9. The molecule has 8 nitrogen and oxygen atoms in total. The molecule has 10 heteroatoms. The number of rotatable bonds is 8. The van der Waals surface area contributed by atoms with Gasteiger partial charge in [-0.15, -0.1) is 11.3 Å². The molecule has 0 saturated heterocycles. The molecule has 2 heterocycles. The second kappa shape index (κ2) is 10.2. The quantitative estimate of drug-likeness (QED) is 0.513. The maximum absolute atomic E-state index is 12.9. The molecular formula is C21H20ClN3O5S. The normalized spacial score (nSPS) is 10.5. The van der Waals surface area contributed by atoms with Crippen LogP contribution in [-0.4, -0.2) is 41.3 Å². The highest BCUT2D eigenvalue weighted by Gasteiger charge is 2.20. The number of hydrogen-bond donors (Lipinski definition) is 1. The fraction of sp³-hybridized carbons (Fsp3) is 0.238. The van der Waals surface area contributed by atoms with Gasteiger partial charge in [-0.25, -0.2) is 4.98 Å². The number of nitrogens with one attached hydrogen (secondary N) is 1. The molecule has 2 aromatic heterocycles. The van der Waals surface area contributed by atoms with Gasteiger partial charge in [-0.05, 0) is 30.7 Å². The molecule has 1 N–H and O–H groups in total. The summed E-state index contributed by atoms with van der Waals surface area (Å²) >= 11 is 7.12. The number of nitrogens with zero attached hydrogens (tertiary/aromatic N) is 2. The van der Waals surface area contributed by atoms with Crippen molar-refractivity contribution in [2.24, 2.45) is 0 Å². The third-order valence-electron chi connectivity index (χ3n) is 4.40. The van der Waals surface area contributed by atoms with Crippen LogP contribution < -0.4 is 5.32 Å². The molecule has 3 aromatic rings. The summed E-state index contributed by atoms with van der Waals surface area (Å²) in [5, 5.41) is 5.33. The molecule has 2 amide bonds. The Bertz CT molecular complexity index is 1080. The highest BCUT2D eigenvalue weighted by Crippen LogP contribution is 2.19. The van der Waals surface area contributed by atoms with Gasteiger partial charge in [0.05, 0.1) is 31.1 Å². The van der Waals surface area contributed by atoms with E-state index in [1.54, 1.807) is 42.6 Å². The smallest absolute Gasteiger partial charge is 0.325 e. The summed E-state index contributed by atoms with van der Waals surface area (Å²) in [7, 11) is 1.27. The number of carbonyl (C=O) groups is 3. The minimum atomic E-state index is -0.524. The van der Waals surface area contributed by atoms with Gasteiger partial charge >= 0.3 is 5.97 Å². The molecule has 3 rings (SSSR count). The molecule has 0 fully saturated rings. The number of amides is 2. The van der Waals surface area contributed by atoms with Crippen molar-refractivity contribution < 1.29 is 23.5 Å². The van der Waals surface area contributed by atoms with E-state index in [1.807, 2.05) is 0 Å². The zero-order valence-corrected chi connectivity index (χ0v) is 18.5. The summed E-state index contributed by atoms with van der Waals surface area (Å²) in [6, 6.07) is 8.58. The SMILES string of the molecule is COC(=O)CN(Cc1ccc(Cl)cc1)C(=O)Cc1csc(NC(=O)c2ccoc2C)n1. The number of halogens is 1. The van der Waals surface area contributed by atoms with Gasteiger partial charge in [0.25, 0.3) is 5.91 Å². The van der Waals surface area contributed by atoms with Crippen LogP contribution in [0.3, 0.4) is 0 Å². The molecule has 0 aliphatic heterocycles. The maximum Gasteiger partial charge on any atom is 0.325 e. The summed E-state index contributed by atoms with van der Waals surface area (Å²) in [6.45, 7) is 1.72. The van der Waals surface area contributed by atoms with E-state index in [4.69, 9.17) is 20.8 Å². The van der Waals surface area contributed by atoms with Crippen LogP contribution in [0, 0.1) is 6.92 Å². The number of hydrogen-bond acceptors (Lipinski definition) is 7. The average Bonchev–Trinajstić information content (AvgIpc) is 3.37. The molecule has 1 aromatic carbocycles. The van der Waals surface area contributed by atoms with Gasteiger partial charge in [-0.3, -0.25) is 19.7 Å². The van der Waals surface area contributed by atoms with Crippen LogP contribution in [0.5, 0.6) is 0 Å². The zero-order valence-electron chi connectivity index (χ0n) is 16.9. The predicted octanol–water partition coefficient (Wildman–Crippen LogP) is 3.69. The lowest BCUT2D eigenvalue weighted by Gasteiger charge is -2.21. The number of furan rings is 1. The van der Waals surface area contributed by atoms with Crippen molar-refractivity contribution in [1.29, 1.82) is 0 Å². The van der Waals surface area contributed by atoms with Crippen molar-refractivity contribution in [3.8, 4) is 0 Å². The minimum absolute atomic E-state index is 0.0261. The lowest BCUT2D eigenvalue weighted by atomic mass is 10.2. The second-order valence-electron chi connectivity index (χ2n) is 6.62. The minimum Gasteiger partial charge on any atom is -0.469 e. The van der Waals surface area contributed by atoms with Crippen molar-refractivity contribution >= 4 is 45.9 Å². The first-order valence-electron chi connectivity index (χ1n) is 9.24. The first-order valence-corrected chi connectivity index (χ1v) is 10.5. The van der Waals surface area contributed by atoms with Gasteiger partial charge in [0.2, 0.25) is 5.91 Å². The summed E-state index contributed by atoms with van der Waals surface area (Å²) in [6.07, 6.45) is 1.41. The largest absolute Gasteiger partial charge is 0.469 e. The van der Waals surface area contributed by atoms with Crippen LogP contribution in [0.1, 0.15) is 27.4 Å². The van der Waals surface area contributed by atoms with E-state index in [1.165, 1.54) is 29.6 Å². The van der Waals surface area contributed by atoms with E-state index >= 15 is 0 Å². The van der Waals surface area contributed by atoms with Crippen LogP contribution >= 0.6 is 22.9 Å². The molecular weight excluding hydrogens is 442 g/mol. The van der Waals surface area contributed by atoms with E-state index < -0.39 is 5.97 Å². The maximum atomic E-state index is 12.9. The van der Waals surface area contributed by atoms with E-state index in [2.05, 4.69) is 10.3 Å². The van der Waals surface area contributed by atoms with Gasteiger partial charge in [0, 0.05) is 16.9 Å². The molecule has 0 spiro atoms. The van der Waals surface area contributed by atoms with Crippen LogP contribution in [0.2, 0.25) is 5.02 Å². The van der Waals surface area contributed by atoms with Crippen LogP contribution in [0.25, 0.3) is 0 Å². The molecule has 0 aliphatic rings. The number of esters is 1. The topological polar surface area (TPSA) is 102 Å². The van der Waals surface area contributed by atoms with E-state index in [-0.39, 0.29) is 31.3 Å². The summed E-state index contributed by atoms with van der Waals surface area (Å²) in [5.41, 5.74) is 1.73. The molecule has 0 atom stereocenters. The highest BCUT2D eigenvalue weighted by molar-refractivity contribution is 7.14. The Kier molecular flexibility index (Phi) is 7.43. The van der Waals surface area contributed by atoms with Crippen molar-refractivity contribution in [1.82, 2.24) is 9.88 Å². The average molecular weight is 462 g/mol. The fourth-order valence-electron chi connectivity index (χ4n) is 2.76. The van der Waals surface area contributed by atoms with Crippen molar-refractivity contribution in [2.75, 3.05) is 19.0 Å². The Hall–Kier alpha value is -3.17. The van der Waals surface area contributed by atoms with Crippen molar-refractivity contribution in [3.05, 3.63) is 69.6 Å². The monoisotopic (exact) mass is 461 g/mol. The van der Waals surface area contributed by atoms with Gasteiger partial charge in [-0.2, -0.15) is 0 Å². The van der Waals surface area contributed by atoms with E-state index in [9.17, 15) is 14.4 Å². The molecule has 0 bridgehead atoms. The Morgan fingerprint density at radius 3 is 2.61 bits per heavy atom. The number of aromatic nitrogens is 1. The third kappa shape index (κ3) is 6.16. The molecule has 0 radical (unpaired) electrons. The number of carbonyl (C=O) groups excluding carboxylic acids is 3. The summed E-state index contributed by atoms with van der Waals surface area (Å²) in [5.74, 6) is -0.656. The van der Waals surface area contributed by atoms with E-state index in [0.29, 0.717) is 27.2 Å². The van der Waals surface area contributed by atoms with Crippen molar-refractivity contribution in [3.63, 3.8) is 0 Å². The second-order valence-corrected chi connectivity index (χ2v) is 7.91. The van der Waals surface area contributed by atoms with Gasteiger partial charge in [0.15, 0.2) is 5.13 Å². The van der Waals surface area contributed by atoms with Gasteiger partial charge < -0.3 is 14.1 Å². The molecule has 0 saturated carbocycles. The Labute approximate surface area is 187 Å². The summed E-state index contributed by atoms with van der Waals surface area (Å²) < 4.78 is 9.84. The molecule has 162 valence electrons. The number of aryl methyl sites for hydroxylation is 1. The number of thiazole rings is 1. The molecule has 31 heavy (non-hydrogen) atoms. The number of benzene rings is 1. The zero-order chi connectivity index (χ0) is 22.4. The number of ether oxygens (including phenoxy) is 1. The fourth-order valence-corrected chi connectivity index (χ4v) is 3.59. The number of anilines is 1. The van der Waals surface area contributed by atoms with Crippen LogP contribution in [0.4, 0.5) is 5.13 Å². The predicted molar refractivity (Wildman–Crippen MR) is 116 cm³/mol.